The van der Waals surface area contributed by atoms with Crippen LogP contribution in [0.2, 0.25) is 0 Å². The van der Waals surface area contributed by atoms with Crippen LogP contribution in [0.4, 0.5) is 0 Å². The third kappa shape index (κ3) is 9.28. The molecule has 0 spiro atoms. The number of likely N-dealkylation sites (tertiary alicyclic amines) is 1. The molecule has 0 radical (unpaired) electrons. The third-order valence-electron chi connectivity index (χ3n) is 5.88. The van der Waals surface area contributed by atoms with Crippen LogP contribution >= 0.6 is 0 Å². The molecule has 0 bridgehead atoms. The molecule has 1 aliphatic rings. The largest absolute Gasteiger partial charge is 0.366 e. The summed E-state index contributed by atoms with van der Waals surface area (Å²) < 4.78 is 0. The molecular weight excluding hydrogens is 380 g/mol. The van der Waals surface area contributed by atoms with Crippen molar-refractivity contribution >= 4 is 17.7 Å². The van der Waals surface area contributed by atoms with Gasteiger partial charge in [0, 0.05) is 12.1 Å². The predicted molar refractivity (Wildman–Crippen MR) is 120 cm³/mol. The van der Waals surface area contributed by atoms with Crippen LogP contribution in [-0.2, 0) is 14.4 Å². The van der Waals surface area contributed by atoms with Gasteiger partial charge in [-0.05, 0) is 25.2 Å². The molecule has 30 heavy (non-hydrogen) atoms. The van der Waals surface area contributed by atoms with E-state index in [1.165, 1.54) is 37.0 Å². The van der Waals surface area contributed by atoms with Gasteiger partial charge in [-0.25, -0.2) is 0 Å². The van der Waals surface area contributed by atoms with Gasteiger partial charge in [-0.3, -0.25) is 14.4 Å². The average molecular weight is 423 g/mol. The maximum Gasteiger partial charge on any atom is 0.246 e. The van der Waals surface area contributed by atoms with E-state index in [2.05, 4.69) is 25.7 Å². The topological polar surface area (TPSA) is 119 Å². The van der Waals surface area contributed by atoms with Crippen molar-refractivity contribution in [2.75, 3.05) is 13.1 Å². The van der Waals surface area contributed by atoms with Gasteiger partial charge in [0.05, 0.1) is 12.6 Å². The van der Waals surface area contributed by atoms with Crippen LogP contribution in [0.15, 0.2) is 12.2 Å². The minimum atomic E-state index is -0.605. The van der Waals surface area contributed by atoms with Crippen molar-refractivity contribution in [3.8, 4) is 0 Å². The zero-order valence-corrected chi connectivity index (χ0v) is 19.0. The number of hydrogen-bond donors (Lipinski definition) is 3. The molecule has 2 unspecified atom stereocenters. The van der Waals surface area contributed by atoms with Gasteiger partial charge in [0.15, 0.2) is 0 Å². The molecule has 5 N–H and O–H groups in total. The zero-order chi connectivity index (χ0) is 22.5. The van der Waals surface area contributed by atoms with E-state index < -0.39 is 18.0 Å². The highest BCUT2D eigenvalue weighted by Crippen LogP contribution is 2.19. The van der Waals surface area contributed by atoms with Crippen molar-refractivity contribution in [1.82, 2.24) is 10.2 Å². The van der Waals surface area contributed by atoms with E-state index >= 15 is 0 Å². The Labute approximate surface area is 182 Å². The fourth-order valence-corrected chi connectivity index (χ4v) is 4.01. The van der Waals surface area contributed by atoms with E-state index in [0.29, 0.717) is 19.4 Å². The molecule has 1 fully saturated rings. The summed E-state index contributed by atoms with van der Waals surface area (Å²) in [6.45, 7) is 8.72. The number of rotatable bonds is 15. The molecule has 0 aromatic heterocycles. The van der Waals surface area contributed by atoms with E-state index in [4.69, 9.17) is 11.5 Å². The lowest BCUT2D eigenvalue weighted by Gasteiger charge is -2.26. The van der Waals surface area contributed by atoms with E-state index in [9.17, 15) is 14.4 Å². The lowest BCUT2D eigenvalue weighted by Crippen LogP contribution is -2.51. The Morgan fingerprint density at radius 3 is 2.13 bits per heavy atom. The fraction of sp³-hybridized carbons (Fsp3) is 0.783. The molecule has 172 valence electrons. The number of hydrogen-bond acceptors (Lipinski definition) is 4. The van der Waals surface area contributed by atoms with Crippen molar-refractivity contribution in [2.45, 2.75) is 96.6 Å². The summed E-state index contributed by atoms with van der Waals surface area (Å²) in [4.78, 5) is 37.9. The highest BCUT2D eigenvalue weighted by atomic mass is 16.2. The Hall–Kier alpha value is -1.89. The van der Waals surface area contributed by atoms with Crippen LogP contribution in [0.25, 0.3) is 0 Å². The Balaban J connectivity index is 2.43. The summed E-state index contributed by atoms with van der Waals surface area (Å²) in [7, 11) is 0. The lowest BCUT2D eigenvalue weighted by atomic mass is 9.99. The second-order valence-electron chi connectivity index (χ2n) is 8.85. The lowest BCUT2D eigenvalue weighted by molar-refractivity contribution is -0.137. The molecule has 1 heterocycles. The number of carbonyl (C=O) groups is 3. The molecule has 2 atom stereocenters. The van der Waals surface area contributed by atoms with Gasteiger partial charge in [0.2, 0.25) is 17.7 Å². The van der Waals surface area contributed by atoms with Crippen LogP contribution < -0.4 is 16.8 Å². The summed E-state index contributed by atoms with van der Waals surface area (Å²) in [5, 5.41) is 2.90. The molecule has 0 saturated carbocycles. The Morgan fingerprint density at radius 1 is 1.03 bits per heavy atom. The van der Waals surface area contributed by atoms with Gasteiger partial charge in [-0.2, -0.15) is 0 Å². The number of carbonyl (C=O) groups excluding carboxylic acids is 3. The predicted octanol–water partition coefficient (Wildman–Crippen LogP) is 2.63. The van der Waals surface area contributed by atoms with Crippen LogP contribution in [0.3, 0.4) is 0 Å². The summed E-state index contributed by atoms with van der Waals surface area (Å²) in [6.07, 6.45) is 11.4. The van der Waals surface area contributed by atoms with Gasteiger partial charge in [0.1, 0.15) is 6.04 Å². The van der Waals surface area contributed by atoms with Crippen molar-refractivity contribution in [2.24, 2.45) is 17.4 Å². The number of unbranched alkanes of at least 4 members (excludes halogenated alkanes) is 6. The normalized spacial score (nSPS) is 17.2. The summed E-state index contributed by atoms with van der Waals surface area (Å²) in [6, 6.07) is -1.02. The number of nitrogens with two attached hydrogens (primary N) is 2. The first-order valence-electron chi connectivity index (χ1n) is 11.6. The highest BCUT2D eigenvalue weighted by Gasteiger charge is 2.34. The quantitative estimate of drug-likeness (QED) is 0.278. The fourth-order valence-electron chi connectivity index (χ4n) is 4.01. The molecule has 1 saturated heterocycles. The first-order chi connectivity index (χ1) is 14.3. The summed E-state index contributed by atoms with van der Waals surface area (Å²) >= 11 is 0. The Bertz CT molecular complexity index is 577. The van der Waals surface area contributed by atoms with Crippen LogP contribution in [0, 0.1) is 5.92 Å². The van der Waals surface area contributed by atoms with E-state index in [-0.39, 0.29) is 23.9 Å². The van der Waals surface area contributed by atoms with E-state index in [1.807, 2.05) is 0 Å². The Morgan fingerprint density at radius 2 is 1.60 bits per heavy atom. The van der Waals surface area contributed by atoms with Crippen molar-refractivity contribution in [3.05, 3.63) is 12.2 Å². The molecule has 7 heteroatoms. The maximum atomic E-state index is 12.8. The SMILES string of the molecule is C=C(C(N)=O)C(CCCCCCCCCC(C)C)NC(=O)C1CCCN1C(=O)CN. The second kappa shape index (κ2) is 14.2. The van der Waals surface area contributed by atoms with E-state index in [1.54, 1.807) is 0 Å². The third-order valence-corrected chi connectivity index (χ3v) is 5.88. The molecule has 3 amide bonds. The number of amides is 3. The van der Waals surface area contributed by atoms with Crippen LogP contribution in [-0.4, -0.2) is 47.8 Å². The van der Waals surface area contributed by atoms with Gasteiger partial charge in [-0.15, -0.1) is 0 Å². The average Bonchev–Trinajstić information content (AvgIpc) is 3.20. The van der Waals surface area contributed by atoms with Crippen LogP contribution in [0.1, 0.15) is 84.5 Å². The number of nitrogens with one attached hydrogen (secondary N) is 1. The molecule has 0 aliphatic carbocycles. The maximum absolute atomic E-state index is 12.8. The van der Waals surface area contributed by atoms with Crippen LogP contribution in [0.5, 0.6) is 0 Å². The minimum absolute atomic E-state index is 0.112. The first-order valence-corrected chi connectivity index (χ1v) is 11.6. The van der Waals surface area contributed by atoms with Gasteiger partial charge in [-0.1, -0.05) is 71.8 Å². The van der Waals surface area contributed by atoms with E-state index in [0.717, 1.165) is 31.6 Å². The highest BCUT2D eigenvalue weighted by molar-refractivity contribution is 5.94. The van der Waals surface area contributed by atoms with Crippen molar-refractivity contribution in [3.63, 3.8) is 0 Å². The van der Waals surface area contributed by atoms with Gasteiger partial charge >= 0.3 is 0 Å². The van der Waals surface area contributed by atoms with Crippen molar-refractivity contribution in [1.29, 1.82) is 0 Å². The summed E-state index contributed by atoms with van der Waals surface area (Å²) in [5.41, 5.74) is 11.1. The molecule has 0 aromatic rings. The second-order valence-corrected chi connectivity index (χ2v) is 8.85. The molecular formula is C23H42N4O3. The number of primary amides is 1. The number of nitrogens with zero attached hydrogens (tertiary/aromatic N) is 1. The molecule has 0 aromatic carbocycles. The smallest absolute Gasteiger partial charge is 0.246 e. The summed E-state index contributed by atoms with van der Waals surface area (Å²) in [5.74, 6) is -0.315. The zero-order valence-electron chi connectivity index (χ0n) is 19.0. The monoisotopic (exact) mass is 422 g/mol. The van der Waals surface area contributed by atoms with Gasteiger partial charge in [0.25, 0.3) is 0 Å². The minimum Gasteiger partial charge on any atom is -0.366 e. The van der Waals surface area contributed by atoms with Gasteiger partial charge < -0.3 is 21.7 Å². The Kier molecular flexibility index (Phi) is 12.4. The molecule has 7 nitrogen and oxygen atoms in total. The molecule has 1 aliphatic heterocycles. The first kappa shape index (κ1) is 26.1. The molecule has 1 rings (SSSR count). The standard InChI is InChI=1S/C23H42N4O3/c1-17(2)12-9-7-5-4-6-8-10-13-19(18(3)22(25)29)26-23(30)20-14-11-15-27(20)21(28)16-24/h17,19-20H,3-16,24H2,1-2H3,(H2,25,29)(H,26,30). The van der Waals surface area contributed by atoms with Crippen molar-refractivity contribution < 1.29 is 14.4 Å².